The Morgan fingerprint density at radius 1 is 1.28 bits per heavy atom. The van der Waals surface area contributed by atoms with Crippen molar-refractivity contribution in [3.05, 3.63) is 29.0 Å². The van der Waals surface area contributed by atoms with Gasteiger partial charge in [-0.15, -0.1) is 0 Å². The van der Waals surface area contributed by atoms with Crippen LogP contribution in [0.1, 0.15) is 37.2 Å². The van der Waals surface area contributed by atoms with Crippen LogP contribution in [-0.2, 0) is 4.74 Å². The number of nitrogens with zero attached hydrogens (tertiary/aromatic N) is 1. The van der Waals surface area contributed by atoms with Crippen LogP contribution in [0.4, 0.5) is 0 Å². The molecule has 2 aliphatic heterocycles. The standard InChI is InChI=1S/C14H19ClN2O/c15-13-2-1-11(9-17-13)12-3-4-14(18-10-12)5-7-16-8-6-14/h1-2,9,12,16H,3-8,10H2. The Kier molecular flexibility index (Phi) is 3.55. The highest BCUT2D eigenvalue weighted by Crippen LogP contribution is 2.38. The summed E-state index contributed by atoms with van der Waals surface area (Å²) in [5, 5.41) is 3.96. The van der Waals surface area contributed by atoms with Crippen LogP contribution in [0, 0.1) is 0 Å². The van der Waals surface area contributed by atoms with E-state index in [1.54, 1.807) is 0 Å². The highest BCUT2D eigenvalue weighted by atomic mass is 35.5. The van der Waals surface area contributed by atoms with E-state index in [2.05, 4.69) is 16.4 Å². The van der Waals surface area contributed by atoms with Gasteiger partial charge in [-0.2, -0.15) is 0 Å². The van der Waals surface area contributed by atoms with Gasteiger partial charge in [0.1, 0.15) is 5.15 Å². The molecule has 0 saturated carbocycles. The zero-order chi connectivity index (χ0) is 12.4. The average Bonchev–Trinajstić information content (AvgIpc) is 2.42. The zero-order valence-corrected chi connectivity index (χ0v) is 11.2. The van der Waals surface area contributed by atoms with Crippen LogP contribution < -0.4 is 5.32 Å². The summed E-state index contributed by atoms with van der Waals surface area (Å²) in [6.45, 7) is 3.00. The molecule has 1 unspecified atom stereocenters. The maximum Gasteiger partial charge on any atom is 0.129 e. The molecule has 98 valence electrons. The number of aromatic nitrogens is 1. The van der Waals surface area contributed by atoms with Crippen molar-refractivity contribution in [2.75, 3.05) is 19.7 Å². The number of nitrogens with one attached hydrogen (secondary N) is 1. The van der Waals surface area contributed by atoms with Gasteiger partial charge in [0.2, 0.25) is 0 Å². The molecule has 0 aromatic carbocycles. The molecule has 3 heterocycles. The van der Waals surface area contributed by atoms with Gasteiger partial charge in [0.15, 0.2) is 0 Å². The minimum atomic E-state index is 0.154. The third-order valence-corrected chi connectivity index (χ3v) is 4.50. The monoisotopic (exact) mass is 266 g/mol. The average molecular weight is 267 g/mol. The molecular weight excluding hydrogens is 248 g/mol. The summed E-state index contributed by atoms with van der Waals surface area (Å²) in [6, 6.07) is 3.94. The second-order valence-electron chi connectivity index (χ2n) is 5.39. The Morgan fingerprint density at radius 3 is 2.72 bits per heavy atom. The highest BCUT2D eigenvalue weighted by molar-refractivity contribution is 6.29. The summed E-state index contributed by atoms with van der Waals surface area (Å²) in [6.07, 6.45) is 6.55. The van der Waals surface area contributed by atoms with Crippen LogP contribution in [-0.4, -0.2) is 30.3 Å². The maximum absolute atomic E-state index is 6.20. The fourth-order valence-corrected chi connectivity index (χ4v) is 3.15. The first-order valence-corrected chi connectivity index (χ1v) is 7.11. The predicted octanol–water partition coefficient (Wildman–Crippen LogP) is 2.75. The van der Waals surface area contributed by atoms with Gasteiger partial charge in [-0.3, -0.25) is 0 Å². The van der Waals surface area contributed by atoms with Crippen molar-refractivity contribution in [3.63, 3.8) is 0 Å². The Hall–Kier alpha value is -0.640. The lowest BCUT2D eigenvalue weighted by atomic mass is 9.81. The zero-order valence-electron chi connectivity index (χ0n) is 10.5. The maximum atomic E-state index is 6.20. The van der Waals surface area contributed by atoms with Crippen LogP contribution in [0.5, 0.6) is 0 Å². The molecule has 3 rings (SSSR count). The van der Waals surface area contributed by atoms with Crippen LogP contribution >= 0.6 is 11.6 Å². The molecule has 0 radical (unpaired) electrons. The number of hydrogen-bond donors (Lipinski definition) is 1. The molecule has 0 aliphatic carbocycles. The molecule has 1 spiro atoms. The van der Waals surface area contributed by atoms with E-state index in [0.717, 1.165) is 32.5 Å². The van der Waals surface area contributed by atoms with Gasteiger partial charge in [-0.25, -0.2) is 4.98 Å². The van der Waals surface area contributed by atoms with Crippen LogP contribution in [0.2, 0.25) is 5.15 Å². The van der Waals surface area contributed by atoms with E-state index in [1.807, 2.05) is 12.3 Å². The van der Waals surface area contributed by atoms with Gasteiger partial charge in [0, 0.05) is 12.1 Å². The molecule has 2 aliphatic rings. The quantitative estimate of drug-likeness (QED) is 0.794. The molecule has 0 bridgehead atoms. The van der Waals surface area contributed by atoms with Crippen molar-refractivity contribution in [2.24, 2.45) is 0 Å². The van der Waals surface area contributed by atoms with Gasteiger partial charge in [-0.05, 0) is 50.4 Å². The first-order valence-electron chi connectivity index (χ1n) is 6.74. The SMILES string of the molecule is Clc1ccc(C2CCC3(CCNCC3)OC2)cn1. The summed E-state index contributed by atoms with van der Waals surface area (Å²) >= 11 is 5.82. The molecule has 1 N–H and O–H groups in total. The van der Waals surface area contributed by atoms with Crippen molar-refractivity contribution in [2.45, 2.75) is 37.2 Å². The van der Waals surface area contributed by atoms with E-state index in [1.165, 1.54) is 18.4 Å². The smallest absolute Gasteiger partial charge is 0.129 e. The predicted molar refractivity (Wildman–Crippen MR) is 72.0 cm³/mol. The normalized spacial score (nSPS) is 27.3. The number of hydrogen-bond acceptors (Lipinski definition) is 3. The lowest BCUT2D eigenvalue weighted by molar-refractivity contribution is -0.103. The lowest BCUT2D eigenvalue weighted by Crippen LogP contribution is -2.47. The Labute approximate surface area is 113 Å². The number of rotatable bonds is 1. The van der Waals surface area contributed by atoms with Gasteiger partial charge in [0.05, 0.1) is 12.2 Å². The molecule has 1 atom stereocenters. The van der Waals surface area contributed by atoms with Crippen LogP contribution in [0.15, 0.2) is 18.3 Å². The van der Waals surface area contributed by atoms with Crippen molar-refractivity contribution >= 4 is 11.6 Å². The largest absolute Gasteiger partial charge is 0.374 e. The summed E-state index contributed by atoms with van der Waals surface area (Å²) in [5.41, 5.74) is 1.41. The number of piperidine rings is 1. The molecule has 1 aromatic heterocycles. The lowest BCUT2D eigenvalue weighted by Gasteiger charge is -2.43. The first-order chi connectivity index (χ1) is 8.77. The molecule has 18 heavy (non-hydrogen) atoms. The van der Waals surface area contributed by atoms with Gasteiger partial charge >= 0.3 is 0 Å². The summed E-state index contributed by atoms with van der Waals surface area (Å²) in [7, 11) is 0. The molecule has 2 saturated heterocycles. The van der Waals surface area contributed by atoms with Crippen molar-refractivity contribution in [1.29, 1.82) is 0 Å². The fraction of sp³-hybridized carbons (Fsp3) is 0.643. The number of pyridine rings is 1. The second kappa shape index (κ2) is 5.16. The third kappa shape index (κ3) is 2.53. The minimum absolute atomic E-state index is 0.154. The van der Waals surface area contributed by atoms with Crippen LogP contribution in [0.25, 0.3) is 0 Å². The fourth-order valence-electron chi connectivity index (χ4n) is 3.04. The molecule has 0 amide bonds. The van der Waals surface area contributed by atoms with Gasteiger partial charge in [0.25, 0.3) is 0 Å². The first kappa shape index (κ1) is 12.4. The topological polar surface area (TPSA) is 34.1 Å². The number of halogens is 1. The van der Waals surface area contributed by atoms with E-state index in [4.69, 9.17) is 16.3 Å². The number of ether oxygens (including phenoxy) is 1. The highest BCUT2D eigenvalue weighted by Gasteiger charge is 2.37. The van der Waals surface area contributed by atoms with E-state index < -0.39 is 0 Å². The molecule has 1 aromatic rings. The molecule has 4 heteroatoms. The summed E-state index contributed by atoms with van der Waals surface area (Å²) in [4.78, 5) is 4.16. The van der Waals surface area contributed by atoms with Crippen LogP contribution in [0.3, 0.4) is 0 Å². The van der Waals surface area contributed by atoms with Crippen molar-refractivity contribution < 1.29 is 4.74 Å². The minimum Gasteiger partial charge on any atom is -0.374 e. The van der Waals surface area contributed by atoms with E-state index >= 15 is 0 Å². The molecule has 3 nitrogen and oxygen atoms in total. The van der Waals surface area contributed by atoms with E-state index in [0.29, 0.717) is 11.1 Å². The van der Waals surface area contributed by atoms with Crippen molar-refractivity contribution in [3.8, 4) is 0 Å². The second-order valence-corrected chi connectivity index (χ2v) is 5.78. The summed E-state index contributed by atoms with van der Waals surface area (Å²) in [5.74, 6) is 0.482. The Balaban J connectivity index is 1.64. The van der Waals surface area contributed by atoms with Gasteiger partial charge < -0.3 is 10.1 Å². The van der Waals surface area contributed by atoms with E-state index in [-0.39, 0.29) is 5.60 Å². The third-order valence-electron chi connectivity index (χ3n) is 4.28. The molecular formula is C14H19ClN2O. The Bertz CT molecular complexity index is 391. The summed E-state index contributed by atoms with van der Waals surface area (Å²) < 4.78 is 6.20. The Morgan fingerprint density at radius 2 is 2.11 bits per heavy atom. The van der Waals surface area contributed by atoms with Gasteiger partial charge in [-0.1, -0.05) is 17.7 Å². The van der Waals surface area contributed by atoms with E-state index in [9.17, 15) is 0 Å². The van der Waals surface area contributed by atoms with Crippen molar-refractivity contribution in [1.82, 2.24) is 10.3 Å². The molecule has 2 fully saturated rings.